The van der Waals surface area contributed by atoms with Crippen molar-refractivity contribution in [3.63, 3.8) is 0 Å². The summed E-state index contributed by atoms with van der Waals surface area (Å²) >= 11 is 0. The summed E-state index contributed by atoms with van der Waals surface area (Å²) in [5.74, 6) is 0.849. The van der Waals surface area contributed by atoms with Crippen LogP contribution in [0.15, 0.2) is 18.2 Å². The van der Waals surface area contributed by atoms with Crippen LogP contribution in [0.25, 0.3) is 0 Å². The first-order valence-electron chi connectivity index (χ1n) is 7.23. The molecule has 0 fully saturated rings. The number of unbranched alkanes of at least 4 members (excludes halogenated alkanes) is 1. The number of benzene rings is 1. The van der Waals surface area contributed by atoms with Gasteiger partial charge in [-0.15, -0.1) is 0 Å². The lowest BCUT2D eigenvalue weighted by Gasteiger charge is -2.17. The molecule has 4 heteroatoms. The quantitative estimate of drug-likeness (QED) is 0.779. The van der Waals surface area contributed by atoms with Crippen LogP contribution in [0.2, 0.25) is 0 Å². The fourth-order valence-corrected chi connectivity index (χ4v) is 1.76. The summed E-state index contributed by atoms with van der Waals surface area (Å²) in [5, 5.41) is 2.85. The van der Waals surface area contributed by atoms with Gasteiger partial charge in [-0.05, 0) is 43.5 Å². The Hall–Kier alpha value is -1.71. The van der Waals surface area contributed by atoms with Gasteiger partial charge < -0.3 is 15.0 Å². The van der Waals surface area contributed by atoms with Gasteiger partial charge in [-0.2, -0.15) is 0 Å². The van der Waals surface area contributed by atoms with Gasteiger partial charge in [0.15, 0.2) is 0 Å². The fraction of sp³-hybridized carbons (Fsp3) is 0.562. The Morgan fingerprint density at radius 1 is 1.30 bits per heavy atom. The average molecular weight is 278 g/mol. The van der Waals surface area contributed by atoms with Crippen LogP contribution >= 0.6 is 0 Å². The Morgan fingerprint density at radius 2 is 2.05 bits per heavy atom. The molecule has 0 aliphatic heterocycles. The minimum atomic E-state index is -0.0397. The SMILES string of the molecule is CCCCN(C)C(=O)NCCOc1ccc(C)c(C)c1. The standard InChI is InChI=1S/C16H26N2O2/c1-5-6-10-18(4)16(19)17-9-11-20-15-8-7-13(2)14(3)12-15/h7-8,12H,5-6,9-11H2,1-4H3,(H,17,19). The Balaban J connectivity index is 2.24. The summed E-state index contributed by atoms with van der Waals surface area (Å²) in [6, 6.07) is 5.98. The normalized spacial score (nSPS) is 10.2. The van der Waals surface area contributed by atoms with Gasteiger partial charge in [-0.3, -0.25) is 0 Å². The van der Waals surface area contributed by atoms with Crippen molar-refractivity contribution >= 4 is 6.03 Å². The van der Waals surface area contributed by atoms with Gasteiger partial charge in [0.25, 0.3) is 0 Å². The van der Waals surface area contributed by atoms with Gasteiger partial charge in [-0.1, -0.05) is 19.4 Å². The van der Waals surface area contributed by atoms with Crippen molar-refractivity contribution in [1.29, 1.82) is 0 Å². The number of urea groups is 1. The number of nitrogens with one attached hydrogen (secondary N) is 1. The van der Waals surface area contributed by atoms with Crippen molar-refractivity contribution in [3.05, 3.63) is 29.3 Å². The molecular weight excluding hydrogens is 252 g/mol. The molecule has 1 aromatic rings. The summed E-state index contributed by atoms with van der Waals surface area (Å²) in [4.78, 5) is 13.4. The minimum absolute atomic E-state index is 0.0397. The predicted molar refractivity (Wildman–Crippen MR) is 82.3 cm³/mol. The average Bonchev–Trinajstić information content (AvgIpc) is 2.44. The van der Waals surface area contributed by atoms with E-state index in [-0.39, 0.29) is 6.03 Å². The van der Waals surface area contributed by atoms with E-state index in [1.165, 1.54) is 11.1 Å². The number of amides is 2. The van der Waals surface area contributed by atoms with Gasteiger partial charge in [0.05, 0.1) is 6.54 Å². The number of aryl methyl sites for hydroxylation is 2. The molecule has 112 valence electrons. The minimum Gasteiger partial charge on any atom is -0.492 e. The molecule has 0 atom stereocenters. The smallest absolute Gasteiger partial charge is 0.317 e. The van der Waals surface area contributed by atoms with Crippen LogP contribution in [-0.2, 0) is 0 Å². The molecule has 0 aliphatic rings. The first-order chi connectivity index (χ1) is 9.54. The van der Waals surface area contributed by atoms with E-state index in [1.807, 2.05) is 25.2 Å². The van der Waals surface area contributed by atoms with E-state index in [4.69, 9.17) is 4.74 Å². The first kappa shape index (κ1) is 16.3. The third-order valence-electron chi connectivity index (χ3n) is 3.32. The lowest BCUT2D eigenvalue weighted by atomic mass is 10.1. The molecule has 1 aromatic carbocycles. The zero-order chi connectivity index (χ0) is 15.0. The van der Waals surface area contributed by atoms with Crippen molar-refractivity contribution in [1.82, 2.24) is 10.2 Å². The van der Waals surface area contributed by atoms with Gasteiger partial charge in [-0.25, -0.2) is 4.79 Å². The molecule has 0 aromatic heterocycles. The molecule has 0 bridgehead atoms. The van der Waals surface area contributed by atoms with Crippen LogP contribution in [0.3, 0.4) is 0 Å². The van der Waals surface area contributed by atoms with Crippen LogP contribution in [0.5, 0.6) is 5.75 Å². The highest BCUT2D eigenvalue weighted by Crippen LogP contribution is 2.15. The van der Waals surface area contributed by atoms with Crippen molar-refractivity contribution in [2.24, 2.45) is 0 Å². The lowest BCUT2D eigenvalue weighted by molar-refractivity contribution is 0.204. The van der Waals surface area contributed by atoms with Crippen molar-refractivity contribution in [3.8, 4) is 5.75 Å². The number of hydrogen-bond donors (Lipinski definition) is 1. The molecule has 0 saturated heterocycles. The number of ether oxygens (including phenoxy) is 1. The molecule has 2 amide bonds. The maximum atomic E-state index is 11.7. The van der Waals surface area contributed by atoms with E-state index in [9.17, 15) is 4.79 Å². The molecule has 4 nitrogen and oxygen atoms in total. The van der Waals surface area contributed by atoms with Gasteiger partial charge >= 0.3 is 6.03 Å². The molecule has 0 unspecified atom stereocenters. The molecular formula is C16H26N2O2. The summed E-state index contributed by atoms with van der Waals surface area (Å²) < 4.78 is 5.62. The maximum absolute atomic E-state index is 11.7. The van der Waals surface area contributed by atoms with Crippen LogP contribution in [0, 0.1) is 13.8 Å². The predicted octanol–water partition coefficient (Wildman–Crippen LogP) is 3.12. The van der Waals surface area contributed by atoms with Crippen LogP contribution in [0.4, 0.5) is 4.79 Å². The third kappa shape index (κ3) is 5.51. The summed E-state index contributed by atoms with van der Waals surface area (Å²) in [5.41, 5.74) is 2.47. The van der Waals surface area contributed by atoms with Crippen molar-refractivity contribution in [2.75, 3.05) is 26.7 Å². The second kappa shape index (κ2) is 8.46. The van der Waals surface area contributed by atoms with Gasteiger partial charge in [0.2, 0.25) is 0 Å². The zero-order valence-corrected chi connectivity index (χ0v) is 13.0. The maximum Gasteiger partial charge on any atom is 0.317 e. The van der Waals surface area contributed by atoms with E-state index >= 15 is 0 Å². The number of rotatable bonds is 7. The van der Waals surface area contributed by atoms with Crippen molar-refractivity contribution < 1.29 is 9.53 Å². The summed E-state index contributed by atoms with van der Waals surface area (Å²) in [6.07, 6.45) is 2.12. The first-order valence-corrected chi connectivity index (χ1v) is 7.23. The Bertz CT molecular complexity index is 432. The monoisotopic (exact) mass is 278 g/mol. The van der Waals surface area contributed by atoms with E-state index in [1.54, 1.807) is 4.90 Å². The summed E-state index contributed by atoms with van der Waals surface area (Å²) in [7, 11) is 1.81. The highest BCUT2D eigenvalue weighted by Gasteiger charge is 2.06. The van der Waals surface area contributed by atoms with Gasteiger partial charge in [0, 0.05) is 13.6 Å². The van der Waals surface area contributed by atoms with Gasteiger partial charge in [0.1, 0.15) is 12.4 Å². The molecule has 1 rings (SSSR count). The van der Waals surface area contributed by atoms with E-state index in [0.717, 1.165) is 25.1 Å². The molecule has 0 radical (unpaired) electrons. The van der Waals surface area contributed by atoms with Crippen molar-refractivity contribution in [2.45, 2.75) is 33.6 Å². The topological polar surface area (TPSA) is 41.6 Å². The molecule has 0 saturated carbocycles. The summed E-state index contributed by atoms with van der Waals surface area (Å²) in [6.45, 7) is 8.04. The second-order valence-corrected chi connectivity index (χ2v) is 5.10. The molecule has 0 aliphatic carbocycles. The molecule has 0 heterocycles. The fourth-order valence-electron chi connectivity index (χ4n) is 1.76. The second-order valence-electron chi connectivity index (χ2n) is 5.10. The largest absolute Gasteiger partial charge is 0.492 e. The van der Waals surface area contributed by atoms with E-state index in [2.05, 4.69) is 26.1 Å². The van der Waals surface area contributed by atoms with Crippen LogP contribution in [0.1, 0.15) is 30.9 Å². The number of carbonyl (C=O) groups is 1. The van der Waals surface area contributed by atoms with Crippen LogP contribution in [-0.4, -0.2) is 37.7 Å². The zero-order valence-electron chi connectivity index (χ0n) is 13.0. The molecule has 1 N–H and O–H groups in total. The Kier molecular flexibility index (Phi) is 6.91. The van der Waals surface area contributed by atoms with E-state index < -0.39 is 0 Å². The Morgan fingerprint density at radius 3 is 2.70 bits per heavy atom. The van der Waals surface area contributed by atoms with E-state index in [0.29, 0.717) is 13.2 Å². The van der Waals surface area contributed by atoms with Crippen LogP contribution < -0.4 is 10.1 Å². The molecule has 0 spiro atoms. The highest BCUT2D eigenvalue weighted by atomic mass is 16.5. The molecule has 20 heavy (non-hydrogen) atoms. The Labute approximate surface area is 122 Å². The number of carbonyl (C=O) groups excluding carboxylic acids is 1. The third-order valence-corrected chi connectivity index (χ3v) is 3.32. The number of hydrogen-bond acceptors (Lipinski definition) is 2. The highest BCUT2D eigenvalue weighted by molar-refractivity contribution is 5.73. The number of nitrogens with zero attached hydrogens (tertiary/aromatic N) is 1. The lowest BCUT2D eigenvalue weighted by Crippen LogP contribution is -2.39.